The van der Waals surface area contributed by atoms with Gasteiger partial charge in [0.2, 0.25) is 0 Å². The van der Waals surface area contributed by atoms with Crippen LogP contribution in [0.5, 0.6) is 0 Å². The first-order valence-corrected chi connectivity index (χ1v) is 4.83. The van der Waals surface area contributed by atoms with Gasteiger partial charge in [0.25, 0.3) is 0 Å². The van der Waals surface area contributed by atoms with Crippen LogP contribution >= 0.6 is 0 Å². The number of carbonyl (C=O) groups excluding carboxylic acids is 1. The second kappa shape index (κ2) is 4.35. The molecule has 1 fully saturated rings. The number of piperidine rings is 1. The number of aliphatic hydroxyl groups is 1. The molecule has 0 amide bonds. The van der Waals surface area contributed by atoms with E-state index in [2.05, 4.69) is 0 Å². The van der Waals surface area contributed by atoms with Gasteiger partial charge in [0, 0.05) is 13.0 Å². The van der Waals surface area contributed by atoms with Gasteiger partial charge in [-0.3, -0.25) is 4.79 Å². The number of ketones is 1. The largest absolute Gasteiger partial charge is 0.632 e. The van der Waals surface area contributed by atoms with Crippen molar-refractivity contribution in [3.05, 3.63) is 5.21 Å². The highest BCUT2D eigenvalue weighted by Gasteiger charge is 2.31. The number of aliphatic hydroxyl groups excluding tert-OH is 1. The Morgan fingerprint density at radius 3 is 2.79 bits per heavy atom. The van der Waals surface area contributed by atoms with Crippen molar-refractivity contribution in [1.29, 1.82) is 0 Å². The number of carbonyl (C=O) groups is 1. The zero-order valence-corrected chi connectivity index (χ0v) is 8.77. The molecule has 5 nitrogen and oxygen atoms in total. The minimum absolute atomic E-state index is 0.0188. The van der Waals surface area contributed by atoms with Gasteiger partial charge < -0.3 is 19.9 Å². The summed E-state index contributed by atoms with van der Waals surface area (Å²) >= 11 is 0. The minimum Gasteiger partial charge on any atom is -0.632 e. The number of nitrogens with zero attached hydrogens (tertiary/aromatic N) is 2. The summed E-state index contributed by atoms with van der Waals surface area (Å²) in [5.41, 5.74) is 0. The third kappa shape index (κ3) is 3.34. The average molecular weight is 202 g/mol. The average Bonchev–Trinajstić information content (AvgIpc) is 1.98. The van der Waals surface area contributed by atoms with Crippen molar-refractivity contribution in [3.63, 3.8) is 0 Å². The smallest absolute Gasteiger partial charge is 0.189 e. The van der Waals surface area contributed by atoms with Gasteiger partial charge in [-0.2, -0.15) is 0 Å². The number of rotatable bonds is 3. The Kier molecular flexibility index (Phi) is 3.60. The molecular weight excluding hydrogens is 184 g/mol. The molecule has 2 unspecified atom stereocenters. The quantitative estimate of drug-likeness (QED) is 0.480. The fourth-order valence-electron chi connectivity index (χ4n) is 1.71. The second-order valence-electron chi connectivity index (χ2n) is 4.32. The van der Waals surface area contributed by atoms with E-state index in [1.807, 2.05) is 19.0 Å². The number of quaternary nitrogens is 1. The first-order chi connectivity index (χ1) is 6.41. The van der Waals surface area contributed by atoms with Crippen LogP contribution in [0.4, 0.5) is 0 Å². The lowest BCUT2D eigenvalue weighted by Crippen LogP contribution is -2.57. The van der Waals surface area contributed by atoms with Crippen LogP contribution in [0.15, 0.2) is 0 Å². The van der Waals surface area contributed by atoms with Gasteiger partial charge in [0.05, 0.1) is 6.54 Å². The third-order valence-electron chi connectivity index (χ3n) is 2.43. The van der Waals surface area contributed by atoms with Crippen molar-refractivity contribution in [3.8, 4) is 0 Å². The summed E-state index contributed by atoms with van der Waals surface area (Å²) in [5.74, 6) is -0.127. The molecule has 1 saturated heterocycles. The van der Waals surface area contributed by atoms with Gasteiger partial charge in [0.1, 0.15) is 19.2 Å². The van der Waals surface area contributed by atoms with Crippen molar-refractivity contribution >= 4 is 5.78 Å². The lowest BCUT2D eigenvalue weighted by atomic mass is 10.1. The summed E-state index contributed by atoms with van der Waals surface area (Å²) in [6.45, 7) is 1.18. The number of Topliss-reactive ketones (excluding diaryl/α,β-unsaturated/α-hetero) is 1. The van der Waals surface area contributed by atoms with Crippen molar-refractivity contribution < 1.29 is 14.5 Å². The van der Waals surface area contributed by atoms with Gasteiger partial charge in [-0.05, 0) is 14.1 Å². The molecule has 1 aliphatic rings. The number of hydrogen-bond acceptors (Lipinski definition) is 4. The molecule has 14 heavy (non-hydrogen) atoms. The molecule has 0 radical (unpaired) electrons. The molecule has 1 N–H and O–H groups in total. The van der Waals surface area contributed by atoms with E-state index in [0.29, 0.717) is 13.1 Å². The van der Waals surface area contributed by atoms with Crippen molar-refractivity contribution in [2.45, 2.75) is 12.5 Å². The van der Waals surface area contributed by atoms with Crippen molar-refractivity contribution in [2.24, 2.45) is 0 Å². The Bertz CT molecular complexity index is 220. The van der Waals surface area contributed by atoms with Gasteiger partial charge >= 0.3 is 0 Å². The van der Waals surface area contributed by atoms with Gasteiger partial charge in [-0.1, -0.05) is 0 Å². The molecule has 2 atom stereocenters. The van der Waals surface area contributed by atoms with Crippen molar-refractivity contribution in [2.75, 3.05) is 40.3 Å². The van der Waals surface area contributed by atoms with Crippen LogP contribution in [0, 0.1) is 5.21 Å². The summed E-state index contributed by atoms with van der Waals surface area (Å²) in [7, 11) is 3.77. The van der Waals surface area contributed by atoms with E-state index in [0.717, 1.165) is 0 Å². The molecule has 0 aromatic heterocycles. The Morgan fingerprint density at radius 1 is 1.64 bits per heavy atom. The summed E-state index contributed by atoms with van der Waals surface area (Å²) in [6, 6.07) is 0. The highest BCUT2D eigenvalue weighted by Crippen LogP contribution is 2.15. The highest BCUT2D eigenvalue weighted by molar-refractivity contribution is 5.80. The SMILES string of the molecule is CN(C)CC[N+]1([O-])CC(=O)CC(O)C1. The summed E-state index contributed by atoms with van der Waals surface area (Å²) in [4.78, 5) is 13.1. The number of likely N-dealkylation sites (tertiary alicyclic amines) is 1. The first kappa shape index (κ1) is 11.6. The van der Waals surface area contributed by atoms with Crippen LogP contribution < -0.4 is 0 Å². The van der Waals surface area contributed by atoms with E-state index in [4.69, 9.17) is 0 Å². The van der Waals surface area contributed by atoms with E-state index < -0.39 is 10.8 Å². The molecular formula is C9H18N2O3. The second-order valence-corrected chi connectivity index (χ2v) is 4.32. The van der Waals surface area contributed by atoms with Gasteiger partial charge in [0.15, 0.2) is 5.78 Å². The molecule has 1 heterocycles. The molecule has 0 saturated carbocycles. The van der Waals surface area contributed by atoms with Crippen molar-refractivity contribution in [1.82, 2.24) is 4.90 Å². The zero-order chi connectivity index (χ0) is 10.8. The summed E-state index contributed by atoms with van der Waals surface area (Å²) in [5, 5.41) is 21.3. The number of hydroxylamine groups is 3. The van der Waals surface area contributed by atoms with Crippen LogP contribution in [0.3, 0.4) is 0 Å². The highest BCUT2D eigenvalue weighted by atomic mass is 16.5. The molecule has 0 bridgehead atoms. The Labute approximate surface area is 84.1 Å². The van der Waals surface area contributed by atoms with Gasteiger partial charge in [-0.15, -0.1) is 0 Å². The fourth-order valence-corrected chi connectivity index (χ4v) is 1.71. The molecule has 0 aliphatic carbocycles. The van der Waals surface area contributed by atoms with Crippen LogP contribution in [-0.2, 0) is 4.79 Å². The lowest BCUT2D eigenvalue weighted by Gasteiger charge is -2.46. The zero-order valence-electron chi connectivity index (χ0n) is 8.77. The topological polar surface area (TPSA) is 63.6 Å². The standard InChI is InChI=1S/C9H18N2O3/c1-10(2)3-4-11(14)6-8(12)5-9(13)7-11/h8,12H,3-7H2,1-2H3. The molecule has 5 heteroatoms. The van der Waals surface area contributed by atoms with Crippen LogP contribution in [0.2, 0.25) is 0 Å². The molecule has 1 aliphatic heterocycles. The maximum atomic E-state index is 12.0. The first-order valence-electron chi connectivity index (χ1n) is 4.83. The Hall–Kier alpha value is -0.490. The van der Waals surface area contributed by atoms with Gasteiger partial charge in [-0.25, -0.2) is 0 Å². The molecule has 0 aromatic carbocycles. The minimum atomic E-state index is -0.754. The molecule has 0 aromatic rings. The molecule has 0 spiro atoms. The predicted molar refractivity (Wildman–Crippen MR) is 52.4 cm³/mol. The predicted octanol–water partition coefficient (Wildman–Crippen LogP) is -0.804. The normalized spacial score (nSPS) is 33.8. The van der Waals surface area contributed by atoms with E-state index in [1.54, 1.807) is 0 Å². The Morgan fingerprint density at radius 2 is 2.29 bits per heavy atom. The summed E-state index contributed by atoms with van der Waals surface area (Å²) in [6.07, 6.45) is -0.611. The molecule has 82 valence electrons. The number of likely N-dealkylation sites (N-methyl/N-ethyl adjacent to an activating group) is 1. The van der Waals surface area contributed by atoms with Crippen LogP contribution in [0.1, 0.15) is 6.42 Å². The van der Waals surface area contributed by atoms with E-state index in [9.17, 15) is 15.1 Å². The maximum absolute atomic E-state index is 12.0. The lowest BCUT2D eigenvalue weighted by molar-refractivity contribution is -0.878. The number of hydrogen-bond donors (Lipinski definition) is 1. The fraction of sp³-hybridized carbons (Fsp3) is 0.889. The molecule has 1 rings (SSSR count). The third-order valence-corrected chi connectivity index (χ3v) is 2.43. The monoisotopic (exact) mass is 202 g/mol. The van der Waals surface area contributed by atoms with E-state index in [1.165, 1.54) is 0 Å². The summed E-state index contributed by atoms with van der Waals surface area (Å²) < 4.78 is -0.571. The maximum Gasteiger partial charge on any atom is 0.189 e. The van der Waals surface area contributed by atoms with E-state index in [-0.39, 0.29) is 25.3 Å². The van der Waals surface area contributed by atoms with Crippen LogP contribution in [0.25, 0.3) is 0 Å². The van der Waals surface area contributed by atoms with Crippen LogP contribution in [-0.4, -0.2) is 66.8 Å². The van der Waals surface area contributed by atoms with E-state index >= 15 is 0 Å². The Balaban J connectivity index is 2.50.